The first-order valence-electron chi connectivity index (χ1n) is 8.29. The van der Waals surface area contributed by atoms with Gasteiger partial charge in [-0.15, -0.1) is 0 Å². The Hall–Kier alpha value is -2.11. The molecule has 0 saturated carbocycles. The van der Waals surface area contributed by atoms with Crippen molar-refractivity contribution in [1.29, 1.82) is 0 Å². The number of para-hydroxylation sites is 1. The van der Waals surface area contributed by atoms with Crippen LogP contribution in [0.3, 0.4) is 0 Å². The van der Waals surface area contributed by atoms with Gasteiger partial charge in [0.15, 0.2) is 0 Å². The van der Waals surface area contributed by atoms with Crippen LogP contribution in [0.2, 0.25) is 0 Å². The number of hydrogen-bond acceptors (Lipinski definition) is 4. The van der Waals surface area contributed by atoms with Crippen LogP contribution in [0.15, 0.2) is 54.6 Å². The normalized spacial score (nSPS) is 16.8. The van der Waals surface area contributed by atoms with Crippen LogP contribution in [0.5, 0.6) is 5.75 Å². The van der Waals surface area contributed by atoms with Crippen molar-refractivity contribution in [2.75, 3.05) is 44.2 Å². The van der Waals surface area contributed by atoms with E-state index < -0.39 is 6.10 Å². The molecule has 1 saturated heterocycles. The molecule has 0 bridgehead atoms. The molecule has 1 fully saturated rings. The van der Waals surface area contributed by atoms with Gasteiger partial charge in [0.05, 0.1) is 0 Å². The summed E-state index contributed by atoms with van der Waals surface area (Å²) in [5.74, 6) is 0.281. The molecule has 0 aliphatic carbocycles. The summed E-state index contributed by atoms with van der Waals surface area (Å²) in [5, 5.41) is 10.1. The van der Waals surface area contributed by atoms with Crippen molar-refractivity contribution in [3.05, 3.63) is 60.4 Å². The minimum Gasteiger partial charge on any atom is -0.491 e. The summed E-state index contributed by atoms with van der Waals surface area (Å²) in [6.07, 6.45) is -0.557. The van der Waals surface area contributed by atoms with Gasteiger partial charge >= 0.3 is 0 Å². The van der Waals surface area contributed by atoms with E-state index in [2.05, 4.69) is 34.1 Å². The second-order valence-corrected chi connectivity index (χ2v) is 6.04. The fraction of sp³-hybridized carbons (Fsp3) is 0.368. The van der Waals surface area contributed by atoms with E-state index >= 15 is 0 Å². The molecule has 1 N–H and O–H groups in total. The number of aliphatic hydroxyl groups is 1. The minimum atomic E-state index is -0.557. The van der Waals surface area contributed by atoms with Crippen LogP contribution in [0, 0.1) is 5.82 Å². The SMILES string of the molecule is OC(COc1ccc(F)cc1)CN1CCN(c2ccccc2)CC1. The monoisotopic (exact) mass is 330 g/mol. The Balaban J connectivity index is 1.40. The van der Waals surface area contributed by atoms with Crippen molar-refractivity contribution in [3.8, 4) is 5.75 Å². The highest BCUT2D eigenvalue weighted by Gasteiger charge is 2.19. The summed E-state index contributed by atoms with van der Waals surface area (Å²) < 4.78 is 18.3. The molecule has 1 heterocycles. The van der Waals surface area contributed by atoms with Gasteiger partial charge in [0.25, 0.3) is 0 Å². The van der Waals surface area contributed by atoms with Gasteiger partial charge in [-0.05, 0) is 36.4 Å². The quantitative estimate of drug-likeness (QED) is 0.882. The summed E-state index contributed by atoms with van der Waals surface area (Å²) in [6, 6.07) is 16.2. The molecule has 0 spiro atoms. The lowest BCUT2D eigenvalue weighted by Crippen LogP contribution is -2.49. The molecule has 128 valence electrons. The van der Waals surface area contributed by atoms with Crippen LogP contribution >= 0.6 is 0 Å². The van der Waals surface area contributed by atoms with E-state index in [0.717, 1.165) is 26.2 Å². The fourth-order valence-electron chi connectivity index (χ4n) is 2.90. The summed E-state index contributed by atoms with van der Waals surface area (Å²) in [6.45, 7) is 4.55. The van der Waals surface area contributed by atoms with Crippen LogP contribution < -0.4 is 9.64 Å². The zero-order valence-electron chi connectivity index (χ0n) is 13.6. The predicted molar refractivity (Wildman–Crippen MR) is 93.0 cm³/mol. The number of rotatable bonds is 6. The molecule has 1 aliphatic rings. The zero-order valence-corrected chi connectivity index (χ0v) is 13.6. The maximum atomic E-state index is 12.8. The summed E-state index contributed by atoms with van der Waals surface area (Å²) in [5.41, 5.74) is 1.25. The Morgan fingerprint density at radius 2 is 1.62 bits per heavy atom. The minimum absolute atomic E-state index is 0.213. The number of ether oxygens (including phenoxy) is 1. The van der Waals surface area contributed by atoms with E-state index in [-0.39, 0.29) is 12.4 Å². The maximum Gasteiger partial charge on any atom is 0.123 e. The number of nitrogens with zero attached hydrogens (tertiary/aromatic N) is 2. The molecule has 24 heavy (non-hydrogen) atoms. The molecule has 1 atom stereocenters. The van der Waals surface area contributed by atoms with Crippen LogP contribution in [0.4, 0.5) is 10.1 Å². The first-order chi connectivity index (χ1) is 11.7. The van der Waals surface area contributed by atoms with Crippen LogP contribution in [-0.2, 0) is 0 Å². The molecule has 2 aromatic rings. The summed E-state index contributed by atoms with van der Waals surface area (Å²) in [7, 11) is 0. The van der Waals surface area contributed by atoms with Gasteiger partial charge in [-0.25, -0.2) is 4.39 Å². The van der Waals surface area contributed by atoms with Crippen molar-refractivity contribution in [1.82, 2.24) is 4.90 Å². The standard InChI is InChI=1S/C19H23FN2O2/c20-16-6-8-19(9-7-16)24-15-18(23)14-21-10-12-22(13-11-21)17-4-2-1-3-5-17/h1-9,18,23H,10-15H2. The highest BCUT2D eigenvalue weighted by molar-refractivity contribution is 5.46. The van der Waals surface area contributed by atoms with Gasteiger partial charge in [0.2, 0.25) is 0 Å². The van der Waals surface area contributed by atoms with Crippen molar-refractivity contribution in [3.63, 3.8) is 0 Å². The molecule has 5 heteroatoms. The molecule has 1 aliphatic heterocycles. The number of β-amino-alcohol motifs (C(OH)–C–C–N with tert-alkyl or cyclic N) is 1. The molecule has 0 aromatic heterocycles. The smallest absolute Gasteiger partial charge is 0.123 e. The van der Waals surface area contributed by atoms with E-state index in [1.807, 2.05) is 6.07 Å². The second kappa shape index (κ2) is 8.13. The van der Waals surface area contributed by atoms with Gasteiger partial charge in [-0.1, -0.05) is 18.2 Å². The second-order valence-electron chi connectivity index (χ2n) is 6.04. The molecule has 3 rings (SSSR count). The van der Waals surface area contributed by atoms with Gasteiger partial charge in [0.1, 0.15) is 24.3 Å². The van der Waals surface area contributed by atoms with Gasteiger partial charge in [-0.2, -0.15) is 0 Å². The van der Waals surface area contributed by atoms with Crippen molar-refractivity contribution in [2.45, 2.75) is 6.10 Å². The van der Waals surface area contributed by atoms with Crippen LogP contribution in [-0.4, -0.2) is 55.4 Å². The molecule has 0 amide bonds. The Morgan fingerprint density at radius 3 is 2.29 bits per heavy atom. The molecule has 2 aromatic carbocycles. The van der Waals surface area contributed by atoms with Gasteiger partial charge in [-0.3, -0.25) is 4.90 Å². The molecular weight excluding hydrogens is 307 g/mol. The number of piperazine rings is 1. The first kappa shape index (κ1) is 16.7. The topological polar surface area (TPSA) is 35.9 Å². The molecular formula is C19H23FN2O2. The van der Waals surface area contributed by atoms with E-state index in [4.69, 9.17) is 4.74 Å². The Kier molecular flexibility index (Phi) is 5.67. The average molecular weight is 330 g/mol. The number of hydrogen-bond donors (Lipinski definition) is 1. The maximum absolute atomic E-state index is 12.8. The van der Waals surface area contributed by atoms with Crippen LogP contribution in [0.25, 0.3) is 0 Å². The predicted octanol–water partition coefficient (Wildman–Crippen LogP) is 2.39. The lowest BCUT2D eigenvalue weighted by molar-refractivity contribution is 0.0663. The number of benzene rings is 2. The van der Waals surface area contributed by atoms with Crippen molar-refractivity contribution in [2.24, 2.45) is 0 Å². The highest BCUT2D eigenvalue weighted by atomic mass is 19.1. The zero-order chi connectivity index (χ0) is 16.8. The highest BCUT2D eigenvalue weighted by Crippen LogP contribution is 2.16. The summed E-state index contributed by atoms with van der Waals surface area (Å²) >= 11 is 0. The average Bonchev–Trinajstić information content (AvgIpc) is 2.63. The molecule has 4 nitrogen and oxygen atoms in total. The van der Waals surface area contributed by atoms with Crippen molar-refractivity contribution >= 4 is 5.69 Å². The Bertz CT molecular complexity index is 613. The van der Waals surface area contributed by atoms with Gasteiger partial charge in [0, 0.05) is 38.4 Å². The molecule has 0 radical (unpaired) electrons. The third kappa shape index (κ3) is 4.69. The Morgan fingerprint density at radius 1 is 0.958 bits per heavy atom. The van der Waals surface area contributed by atoms with Crippen LogP contribution in [0.1, 0.15) is 0 Å². The Labute approximate surface area is 142 Å². The van der Waals surface area contributed by atoms with E-state index in [9.17, 15) is 9.50 Å². The number of anilines is 1. The lowest BCUT2D eigenvalue weighted by atomic mass is 10.2. The van der Waals surface area contributed by atoms with E-state index in [0.29, 0.717) is 12.3 Å². The number of aliphatic hydroxyl groups excluding tert-OH is 1. The third-order valence-corrected chi connectivity index (χ3v) is 4.22. The third-order valence-electron chi connectivity index (χ3n) is 4.22. The van der Waals surface area contributed by atoms with Gasteiger partial charge < -0.3 is 14.7 Å². The first-order valence-corrected chi connectivity index (χ1v) is 8.29. The molecule has 1 unspecified atom stereocenters. The largest absolute Gasteiger partial charge is 0.491 e. The van der Waals surface area contributed by atoms with E-state index in [1.165, 1.54) is 17.8 Å². The summed E-state index contributed by atoms with van der Waals surface area (Å²) in [4.78, 5) is 4.61. The lowest BCUT2D eigenvalue weighted by Gasteiger charge is -2.36. The number of halogens is 1. The fourth-order valence-corrected chi connectivity index (χ4v) is 2.90. The van der Waals surface area contributed by atoms with Crippen molar-refractivity contribution < 1.29 is 14.2 Å². The van der Waals surface area contributed by atoms with E-state index in [1.54, 1.807) is 12.1 Å².